The van der Waals surface area contributed by atoms with Crippen LogP contribution in [0, 0.1) is 0 Å². The third kappa shape index (κ3) is 6.10. The molecule has 0 aliphatic carbocycles. The predicted octanol–water partition coefficient (Wildman–Crippen LogP) is 1.14. The molecule has 0 heterocycles. The number of nitrogens with zero attached hydrogens (tertiary/aromatic N) is 1. The fourth-order valence-electron chi connectivity index (χ4n) is 0.162. The van der Waals surface area contributed by atoms with E-state index in [1.54, 1.807) is 6.21 Å². The van der Waals surface area contributed by atoms with Gasteiger partial charge in [-0.25, -0.2) is 0 Å². The summed E-state index contributed by atoms with van der Waals surface area (Å²) < 4.78 is 2.88. The third-order valence-electron chi connectivity index (χ3n) is 0.379. The van der Waals surface area contributed by atoms with Crippen LogP contribution in [-0.2, 0) is 0 Å². The quantitative estimate of drug-likeness (QED) is 0.421. The second-order valence-electron chi connectivity index (χ2n) is 0.852. The molecule has 0 aromatic rings. The number of hydrogen-bond acceptors (Lipinski definition) is 2. The van der Waals surface area contributed by atoms with E-state index in [4.69, 9.17) is 0 Å². The van der Waals surface area contributed by atoms with Crippen molar-refractivity contribution in [1.82, 2.24) is 3.53 Å². The van der Waals surface area contributed by atoms with Crippen LogP contribution in [0.25, 0.3) is 0 Å². The fraction of sp³-hybridized carbons (Fsp3) is 0.250. The van der Waals surface area contributed by atoms with Crippen molar-refractivity contribution in [3.63, 3.8) is 0 Å². The van der Waals surface area contributed by atoms with Gasteiger partial charge < -0.3 is 0 Å². The summed E-state index contributed by atoms with van der Waals surface area (Å²) in [5.41, 5.74) is 0. The first-order chi connectivity index (χ1) is 3.41. The van der Waals surface area contributed by atoms with Crippen molar-refractivity contribution in [2.75, 3.05) is 6.54 Å². The normalized spacial score (nSPS) is 9.86. The van der Waals surface area contributed by atoms with Gasteiger partial charge in [-0.3, -0.25) is 8.52 Å². The highest BCUT2D eigenvalue weighted by atomic mass is 127. The number of nitrogens with one attached hydrogen (secondary N) is 1. The van der Waals surface area contributed by atoms with E-state index in [0.29, 0.717) is 0 Å². The maximum Gasteiger partial charge on any atom is 0.0405 e. The Labute approximate surface area is 57.2 Å². The Morgan fingerprint density at radius 3 is 3.00 bits per heavy atom. The van der Waals surface area contributed by atoms with Gasteiger partial charge in [0.15, 0.2) is 0 Å². The maximum absolute atomic E-state index is 3.73. The Bertz CT molecular complexity index is 70.1. The summed E-state index contributed by atoms with van der Waals surface area (Å²) in [5.74, 6) is 0. The molecule has 0 aliphatic rings. The average molecular weight is 210 g/mol. The van der Waals surface area contributed by atoms with Crippen LogP contribution >= 0.6 is 22.9 Å². The van der Waals surface area contributed by atoms with Gasteiger partial charge in [0.1, 0.15) is 0 Å². The number of halogens is 1. The molecule has 0 aromatic heterocycles. The zero-order chi connectivity index (χ0) is 5.54. The Morgan fingerprint density at radius 2 is 2.57 bits per heavy atom. The first-order valence-corrected chi connectivity index (χ1v) is 2.95. The van der Waals surface area contributed by atoms with Crippen LogP contribution in [-0.4, -0.2) is 12.8 Å². The van der Waals surface area contributed by atoms with E-state index in [0.717, 1.165) is 6.54 Å². The van der Waals surface area contributed by atoms with Crippen LogP contribution in [0.15, 0.2) is 17.8 Å². The molecule has 0 fully saturated rings. The van der Waals surface area contributed by atoms with E-state index in [2.05, 4.69) is 38.0 Å². The molecule has 0 saturated heterocycles. The lowest BCUT2D eigenvalue weighted by Crippen LogP contribution is -1.99. The van der Waals surface area contributed by atoms with Gasteiger partial charge in [0, 0.05) is 41.8 Å². The van der Waals surface area contributed by atoms with Crippen LogP contribution in [0.5, 0.6) is 0 Å². The van der Waals surface area contributed by atoms with E-state index in [1.165, 1.54) is 6.20 Å². The van der Waals surface area contributed by atoms with Crippen LogP contribution in [0.1, 0.15) is 0 Å². The van der Waals surface area contributed by atoms with E-state index in [1.807, 2.05) is 0 Å². The van der Waals surface area contributed by atoms with Crippen molar-refractivity contribution in [1.29, 1.82) is 0 Å². The molecule has 0 unspecified atom stereocenters. The molecule has 0 spiro atoms. The fourth-order valence-corrected chi connectivity index (χ4v) is 0.359. The summed E-state index contributed by atoms with van der Waals surface area (Å²) >= 11 is 2.05. The second kappa shape index (κ2) is 6.10. The summed E-state index contributed by atoms with van der Waals surface area (Å²) in [6, 6.07) is 0. The van der Waals surface area contributed by atoms with Gasteiger partial charge in [-0.15, -0.1) is 0 Å². The lowest BCUT2D eigenvalue weighted by Gasteiger charge is -1.79. The topological polar surface area (TPSA) is 24.4 Å². The molecule has 0 bridgehead atoms. The highest BCUT2D eigenvalue weighted by molar-refractivity contribution is 14.1. The smallest absolute Gasteiger partial charge is 0.0405 e. The molecule has 3 heteroatoms. The van der Waals surface area contributed by atoms with Crippen molar-refractivity contribution < 1.29 is 0 Å². The minimum absolute atomic E-state index is 0.798. The zero-order valence-corrected chi connectivity index (χ0v) is 6.05. The first-order valence-electron chi connectivity index (χ1n) is 1.88. The molecule has 0 aliphatic heterocycles. The van der Waals surface area contributed by atoms with E-state index >= 15 is 0 Å². The molecule has 2 nitrogen and oxygen atoms in total. The standard InChI is InChI=1S/C4H7IN2/c1-2-6-3-4-7-5/h2-3,7H,1,4H2. The van der Waals surface area contributed by atoms with Crippen LogP contribution in [0.4, 0.5) is 0 Å². The molecule has 0 rings (SSSR count). The van der Waals surface area contributed by atoms with Crippen LogP contribution in [0.2, 0.25) is 0 Å². The Hall–Kier alpha value is 0.1000. The van der Waals surface area contributed by atoms with Crippen molar-refractivity contribution in [2.45, 2.75) is 0 Å². The van der Waals surface area contributed by atoms with Crippen molar-refractivity contribution in [3.05, 3.63) is 12.8 Å². The summed E-state index contributed by atoms with van der Waals surface area (Å²) in [6.07, 6.45) is 3.26. The molecule has 0 saturated carbocycles. The highest BCUT2D eigenvalue weighted by Crippen LogP contribution is 1.65. The molecule has 0 atom stereocenters. The monoisotopic (exact) mass is 210 g/mol. The van der Waals surface area contributed by atoms with Gasteiger partial charge in [-0.05, 0) is 0 Å². The van der Waals surface area contributed by atoms with Gasteiger partial charge in [0.25, 0.3) is 0 Å². The minimum atomic E-state index is 0.798. The molecular weight excluding hydrogens is 203 g/mol. The molecule has 40 valence electrons. The van der Waals surface area contributed by atoms with Gasteiger partial charge in [0.2, 0.25) is 0 Å². The van der Waals surface area contributed by atoms with Gasteiger partial charge in [-0.1, -0.05) is 6.58 Å². The lowest BCUT2D eigenvalue weighted by atomic mass is 10.7. The SMILES string of the molecule is C=CN=CCNI. The average Bonchev–Trinajstić information content (AvgIpc) is 1.69. The molecule has 1 N–H and O–H groups in total. The van der Waals surface area contributed by atoms with Gasteiger partial charge >= 0.3 is 0 Å². The first kappa shape index (κ1) is 7.10. The molecule has 7 heavy (non-hydrogen) atoms. The summed E-state index contributed by atoms with van der Waals surface area (Å²) in [7, 11) is 0. The molecule has 0 aromatic carbocycles. The summed E-state index contributed by atoms with van der Waals surface area (Å²) in [6.45, 7) is 4.20. The van der Waals surface area contributed by atoms with E-state index in [9.17, 15) is 0 Å². The Morgan fingerprint density at radius 1 is 1.86 bits per heavy atom. The predicted molar refractivity (Wildman–Crippen MR) is 40.7 cm³/mol. The van der Waals surface area contributed by atoms with Crippen LogP contribution < -0.4 is 3.53 Å². The van der Waals surface area contributed by atoms with Gasteiger partial charge in [-0.2, -0.15) is 0 Å². The summed E-state index contributed by atoms with van der Waals surface area (Å²) in [4.78, 5) is 3.73. The number of rotatable bonds is 3. The highest BCUT2D eigenvalue weighted by Gasteiger charge is 1.65. The zero-order valence-electron chi connectivity index (χ0n) is 3.89. The lowest BCUT2D eigenvalue weighted by molar-refractivity contribution is 1.25. The van der Waals surface area contributed by atoms with E-state index < -0.39 is 0 Å². The number of hydrogen-bond donors (Lipinski definition) is 1. The van der Waals surface area contributed by atoms with Crippen molar-refractivity contribution in [3.8, 4) is 0 Å². The summed E-state index contributed by atoms with van der Waals surface area (Å²) in [5, 5.41) is 0. The van der Waals surface area contributed by atoms with Gasteiger partial charge in [0.05, 0.1) is 0 Å². The Balaban J connectivity index is 2.92. The van der Waals surface area contributed by atoms with Crippen molar-refractivity contribution in [2.24, 2.45) is 4.99 Å². The van der Waals surface area contributed by atoms with E-state index in [-0.39, 0.29) is 0 Å². The maximum atomic E-state index is 3.73. The number of aliphatic imine (C=N–C) groups is 1. The minimum Gasteiger partial charge on any atom is -0.268 e. The largest absolute Gasteiger partial charge is 0.268 e. The molecule has 0 radical (unpaired) electrons. The van der Waals surface area contributed by atoms with Crippen LogP contribution in [0.3, 0.4) is 0 Å². The third-order valence-corrected chi connectivity index (χ3v) is 0.820. The molecular formula is C4H7IN2. The second-order valence-corrected chi connectivity index (χ2v) is 1.61. The van der Waals surface area contributed by atoms with Crippen molar-refractivity contribution >= 4 is 29.1 Å². The Kier molecular flexibility index (Phi) is 6.19. The molecule has 0 amide bonds.